The van der Waals surface area contributed by atoms with Crippen LogP contribution in [0.1, 0.15) is 30.7 Å². The molecule has 4 rings (SSSR count). The van der Waals surface area contributed by atoms with Gasteiger partial charge in [0.25, 0.3) is 5.91 Å². The second-order valence-electron chi connectivity index (χ2n) is 7.56. The van der Waals surface area contributed by atoms with Crippen molar-refractivity contribution in [1.82, 2.24) is 20.3 Å². The fourth-order valence-corrected chi connectivity index (χ4v) is 6.15. The zero-order valence-electron chi connectivity index (χ0n) is 16.9. The molecule has 0 bridgehead atoms. The second kappa shape index (κ2) is 9.23. The van der Waals surface area contributed by atoms with Crippen LogP contribution in [0.3, 0.4) is 0 Å². The number of thiazole rings is 1. The van der Waals surface area contributed by atoms with Gasteiger partial charge in [-0.1, -0.05) is 0 Å². The first kappa shape index (κ1) is 21.6. The Morgan fingerprint density at radius 1 is 1.26 bits per heavy atom. The van der Waals surface area contributed by atoms with Crippen molar-refractivity contribution in [1.29, 1.82) is 0 Å². The topological polar surface area (TPSA) is 122 Å². The third kappa shape index (κ3) is 5.34. The lowest BCUT2D eigenvalue weighted by atomic mass is 10.1. The Labute approximate surface area is 184 Å². The van der Waals surface area contributed by atoms with Gasteiger partial charge in [0.1, 0.15) is 5.71 Å². The zero-order valence-corrected chi connectivity index (χ0v) is 18.5. The van der Waals surface area contributed by atoms with Crippen LogP contribution in [-0.4, -0.2) is 65.0 Å². The van der Waals surface area contributed by atoms with Gasteiger partial charge in [-0.15, -0.1) is 11.3 Å². The Hall–Kier alpha value is -2.66. The van der Waals surface area contributed by atoms with Crippen LogP contribution in [-0.2, 0) is 25.8 Å². The molecular formula is C20H23N5O4S2. The van der Waals surface area contributed by atoms with Gasteiger partial charge in [-0.05, 0) is 25.0 Å². The molecule has 0 aliphatic carbocycles. The van der Waals surface area contributed by atoms with Crippen molar-refractivity contribution in [2.45, 2.75) is 38.1 Å². The van der Waals surface area contributed by atoms with Gasteiger partial charge in [0.05, 0.1) is 28.2 Å². The standard InChI is InChI=1S/C20H23N5O4S2/c26-19-4-3-16(24-25(19)15-7-11-31(28,29)13-15)20(27)22-8-1-2-18-23-17(12-30-18)14-5-9-21-10-6-14/h5-6,9-10,12,15H,1-4,7-8,11,13H2,(H,22,27). The van der Waals surface area contributed by atoms with Gasteiger partial charge in [0.2, 0.25) is 5.91 Å². The highest BCUT2D eigenvalue weighted by atomic mass is 32.2. The monoisotopic (exact) mass is 461 g/mol. The molecule has 2 aliphatic heterocycles. The molecule has 1 N–H and O–H groups in total. The van der Waals surface area contributed by atoms with Gasteiger partial charge >= 0.3 is 0 Å². The van der Waals surface area contributed by atoms with E-state index in [0.29, 0.717) is 13.0 Å². The number of hydrogen-bond acceptors (Lipinski definition) is 8. The largest absolute Gasteiger partial charge is 0.351 e. The molecule has 2 aromatic rings. The fraction of sp³-hybridized carbons (Fsp3) is 0.450. The lowest BCUT2D eigenvalue weighted by Crippen LogP contribution is -2.44. The molecule has 1 fully saturated rings. The molecule has 0 radical (unpaired) electrons. The van der Waals surface area contributed by atoms with Crippen LogP contribution in [0.2, 0.25) is 0 Å². The van der Waals surface area contributed by atoms with E-state index in [9.17, 15) is 18.0 Å². The number of nitrogens with one attached hydrogen (secondary N) is 1. The summed E-state index contributed by atoms with van der Waals surface area (Å²) in [5.41, 5.74) is 2.22. The van der Waals surface area contributed by atoms with Crippen molar-refractivity contribution < 1.29 is 18.0 Å². The van der Waals surface area contributed by atoms with E-state index in [0.717, 1.165) is 29.1 Å². The van der Waals surface area contributed by atoms with E-state index >= 15 is 0 Å². The quantitative estimate of drug-likeness (QED) is 0.623. The van der Waals surface area contributed by atoms with E-state index in [1.165, 1.54) is 5.01 Å². The normalized spacial score (nSPS) is 20.5. The molecule has 9 nitrogen and oxygen atoms in total. The van der Waals surface area contributed by atoms with Crippen molar-refractivity contribution in [3.05, 3.63) is 34.9 Å². The van der Waals surface area contributed by atoms with Crippen molar-refractivity contribution >= 4 is 38.7 Å². The van der Waals surface area contributed by atoms with Crippen LogP contribution in [0.4, 0.5) is 0 Å². The minimum absolute atomic E-state index is 0.0537. The maximum atomic E-state index is 12.5. The van der Waals surface area contributed by atoms with Gasteiger partial charge in [0.15, 0.2) is 9.84 Å². The van der Waals surface area contributed by atoms with Gasteiger partial charge < -0.3 is 5.32 Å². The van der Waals surface area contributed by atoms with Crippen molar-refractivity contribution in [3.8, 4) is 11.3 Å². The van der Waals surface area contributed by atoms with Crippen LogP contribution in [0, 0.1) is 0 Å². The van der Waals surface area contributed by atoms with Crippen LogP contribution in [0.15, 0.2) is 35.0 Å². The third-order valence-corrected chi connectivity index (χ3v) is 7.92. The molecule has 0 spiro atoms. The predicted molar refractivity (Wildman–Crippen MR) is 117 cm³/mol. The summed E-state index contributed by atoms with van der Waals surface area (Å²) in [5.74, 6) is -0.577. The summed E-state index contributed by atoms with van der Waals surface area (Å²) in [6.45, 7) is 0.466. The number of rotatable bonds is 7. The average Bonchev–Trinajstić information content (AvgIpc) is 3.38. The van der Waals surface area contributed by atoms with Gasteiger partial charge in [0, 0.05) is 49.1 Å². The molecule has 11 heteroatoms. The summed E-state index contributed by atoms with van der Waals surface area (Å²) in [4.78, 5) is 33.3. The maximum Gasteiger partial charge on any atom is 0.267 e. The lowest BCUT2D eigenvalue weighted by Gasteiger charge is -2.27. The Bertz CT molecular complexity index is 1100. The van der Waals surface area contributed by atoms with E-state index in [4.69, 9.17) is 0 Å². The molecule has 1 unspecified atom stereocenters. The lowest BCUT2D eigenvalue weighted by molar-refractivity contribution is -0.133. The number of pyridine rings is 1. The van der Waals surface area contributed by atoms with E-state index in [1.807, 2.05) is 17.5 Å². The van der Waals surface area contributed by atoms with Crippen LogP contribution in [0.25, 0.3) is 11.3 Å². The van der Waals surface area contributed by atoms with E-state index < -0.39 is 15.9 Å². The maximum absolute atomic E-state index is 12.5. The van der Waals surface area contributed by atoms with Gasteiger partial charge in [-0.3, -0.25) is 14.6 Å². The summed E-state index contributed by atoms with van der Waals surface area (Å²) in [6, 6.07) is 3.36. The fourth-order valence-electron chi connectivity index (χ4n) is 3.61. The SMILES string of the molecule is O=C(NCCCc1nc(-c2ccncc2)cs1)C1=NN(C2CCS(=O)(=O)C2)C(=O)CC1. The molecule has 2 amide bonds. The highest BCUT2D eigenvalue weighted by Gasteiger charge is 2.37. The van der Waals surface area contributed by atoms with Crippen LogP contribution >= 0.6 is 11.3 Å². The molecule has 0 saturated carbocycles. The number of carbonyl (C=O) groups excluding carboxylic acids is 2. The number of aryl methyl sites for hydroxylation is 1. The van der Waals surface area contributed by atoms with E-state index in [2.05, 4.69) is 20.4 Å². The summed E-state index contributed by atoms with van der Waals surface area (Å²) in [5, 5.41) is 11.3. The van der Waals surface area contributed by atoms with Gasteiger partial charge in [-0.2, -0.15) is 5.10 Å². The molecule has 164 valence electrons. The molecule has 1 saturated heterocycles. The Kier molecular flexibility index (Phi) is 6.42. The molecule has 31 heavy (non-hydrogen) atoms. The molecule has 0 aromatic carbocycles. The first-order valence-electron chi connectivity index (χ1n) is 10.1. The number of hydrogen-bond donors (Lipinski definition) is 1. The van der Waals surface area contributed by atoms with Crippen LogP contribution < -0.4 is 5.32 Å². The highest BCUT2D eigenvalue weighted by molar-refractivity contribution is 7.91. The number of aromatic nitrogens is 2. The summed E-state index contributed by atoms with van der Waals surface area (Å²) in [6.07, 6.45) is 5.74. The third-order valence-electron chi connectivity index (χ3n) is 5.26. The average molecular weight is 462 g/mol. The van der Waals surface area contributed by atoms with E-state index in [-0.39, 0.29) is 41.9 Å². The second-order valence-corrected chi connectivity index (χ2v) is 10.7. The first-order valence-corrected chi connectivity index (χ1v) is 12.8. The summed E-state index contributed by atoms with van der Waals surface area (Å²) >= 11 is 1.58. The van der Waals surface area contributed by atoms with Crippen LogP contribution in [0.5, 0.6) is 0 Å². The molecule has 4 heterocycles. The first-order chi connectivity index (χ1) is 14.9. The number of sulfone groups is 1. The Morgan fingerprint density at radius 3 is 2.81 bits per heavy atom. The molecule has 2 aliphatic rings. The Balaban J connectivity index is 1.27. The van der Waals surface area contributed by atoms with Gasteiger partial charge in [-0.25, -0.2) is 18.4 Å². The highest BCUT2D eigenvalue weighted by Crippen LogP contribution is 2.23. The number of amides is 2. The minimum atomic E-state index is -3.14. The van der Waals surface area contributed by atoms with Crippen molar-refractivity contribution in [3.63, 3.8) is 0 Å². The zero-order chi connectivity index (χ0) is 21.8. The predicted octanol–water partition coefficient (Wildman–Crippen LogP) is 1.42. The molecular weight excluding hydrogens is 438 g/mol. The molecule has 1 atom stereocenters. The Morgan fingerprint density at radius 2 is 2.06 bits per heavy atom. The van der Waals surface area contributed by atoms with Crippen molar-refractivity contribution in [2.24, 2.45) is 5.10 Å². The number of carbonyl (C=O) groups is 2. The summed E-state index contributed by atoms with van der Waals surface area (Å²) < 4.78 is 23.4. The minimum Gasteiger partial charge on any atom is -0.351 e. The van der Waals surface area contributed by atoms with E-state index in [1.54, 1.807) is 23.7 Å². The van der Waals surface area contributed by atoms with Crippen molar-refractivity contribution in [2.75, 3.05) is 18.1 Å². The molecule has 2 aromatic heterocycles. The smallest absolute Gasteiger partial charge is 0.267 e. The number of nitrogens with zero attached hydrogens (tertiary/aromatic N) is 4. The summed E-state index contributed by atoms with van der Waals surface area (Å²) in [7, 11) is -3.14. The number of hydrazone groups is 1.